The van der Waals surface area contributed by atoms with Crippen LogP contribution in [0.1, 0.15) is 11.1 Å². The molecule has 0 aliphatic rings. The van der Waals surface area contributed by atoms with E-state index in [0.717, 1.165) is 21.3 Å². The quantitative estimate of drug-likeness (QED) is 0.763. The number of phenols is 1. The largest absolute Gasteiger partial charge is 0.508 e. The van der Waals surface area contributed by atoms with Gasteiger partial charge in [0.05, 0.1) is 11.4 Å². The van der Waals surface area contributed by atoms with Crippen molar-refractivity contribution in [3.05, 3.63) is 52.0 Å². The first-order valence-electron chi connectivity index (χ1n) is 5.54. The lowest BCUT2D eigenvalue weighted by Crippen LogP contribution is -1.80. The average Bonchev–Trinajstić information content (AvgIpc) is 2.35. The minimum absolute atomic E-state index is 0.226. The predicted molar refractivity (Wildman–Crippen MR) is 75.9 cm³/mol. The highest BCUT2D eigenvalue weighted by Gasteiger charge is 2.01. The van der Waals surface area contributed by atoms with Gasteiger partial charge in [0.25, 0.3) is 0 Å². The Hall–Kier alpha value is -1.68. The van der Waals surface area contributed by atoms with Crippen molar-refractivity contribution in [1.82, 2.24) is 0 Å². The summed E-state index contributed by atoms with van der Waals surface area (Å²) in [6.45, 7) is 4.05. The Balaban J connectivity index is 2.26. The number of rotatable bonds is 2. The summed E-state index contributed by atoms with van der Waals surface area (Å²) >= 11 is 3.52. The Morgan fingerprint density at radius 3 is 1.94 bits per heavy atom. The van der Waals surface area contributed by atoms with Crippen LogP contribution in [0.25, 0.3) is 0 Å². The molecule has 18 heavy (non-hydrogen) atoms. The van der Waals surface area contributed by atoms with Crippen LogP contribution < -0.4 is 0 Å². The fourth-order valence-corrected chi connectivity index (χ4v) is 1.84. The average molecular weight is 305 g/mol. The molecule has 0 aliphatic carbocycles. The maximum absolute atomic E-state index is 9.17. The number of benzene rings is 2. The molecule has 0 fully saturated rings. The number of phenolic OH excluding ortho intramolecular Hbond substituents is 1. The lowest BCUT2D eigenvalue weighted by molar-refractivity contribution is 0.475. The van der Waals surface area contributed by atoms with Crippen molar-refractivity contribution in [1.29, 1.82) is 0 Å². The first-order chi connectivity index (χ1) is 8.56. The third-order valence-corrected chi connectivity index (χ3v) is 3.80. The smallest absolute Gasteiger partial charge is 0.115 e. The molecule has 2 aromatic rings. The van der Waals surface area contributed by atoms with Crippen LogP contribution in [-0.2, 0) is 0 Å². The first-order valence-corrected chi connectivity index (χ1v) is 6.33. The molecule has 0 atom stereocenters. The molecule has 3 nitrogen and oxygen atoms in total. The molecule has 0 radical (unpaired) electrons. The van der Waals surface area contributed by atoms with E-state index in [4.69, 9.17) is 5.11 Å². The standard InChI is InChI=1S/C14H13BrN2O/c1-9-7-12(8-10(2)14(9)15)17-16-11-3-5-13(18)6-4-11/h3-8,18H,1-2H3. The van der Waals surface area contributed by atoms with Gasteiger partial charge in [0.2, 0.25) is 0 Å². The highest BCUT2D eigenvalue weighted by molar-refractivity contribution is 9.10. The number of aryl methyl sites for hydroxylation is 2. The van der Waals surface area contributed by atoms with Gasteiger partial charge in [-0.1, -0.05) is 15.9 Å². The van der Waals surface area contributed by atoms with Crippen molar-refractivity contribution in [3.63, 3.8) is 0 Å². The fraction of sp³-hybridized carbons (Fsp3) is 0.143. The van der Waals surface area contributed by atoms with Gasteiger partial charge in [-0.25, -0.2) is 0 Å². The number of azo groups is 1. The molecule has 0 saturated carbocycles. The summed E-state index contributed by atoms with van der Waals surface area (Å²) in [5.74, 6) is 0.226. The number of hydrogen-bond donors (Lipinski definition) is 1. The van der Waals surface area contributed by atoms with E-state index in [9.17, 15) is 0 Å². The van der Waals surface area contributed by atoms with Gasteiger partial charge in [-0.15, -0.1) is 0 Å². The van der Waals surface area contributed by atoms with Crippen molar-refractivity contribution in [2.45, 2.75) is 13.8 Å². The summed E-state index contributed by atoms with van der Waals surface area (Å²) in [5.41, 5.74) is 3.80. The van der Waals surface area contributed by atoms with E-state index < -0.39 is 0 Å². The van der Waals surface area contributed by atoms with E-state index in [1.165, 1.54) is 0 Å². The highest BCUT2D eigenvalue weighted by Crippen LogP contribution is 2.28. The molecule has 0 amide bonds. The molecule has 0 aliphatic heterocycles. The van der Waals surface area contributed by atoms with E-state index >= 15 is 0 Å². The minimum atomic E-state index is 0.226. The summed E-state index contributed by atoms with van der Waals surface area (Å²) < 4.78 is 1.10. The van der Waals surface area contributed by atoms with Crippen LogP contribution >= 0.6 is 15.9 Å². The number of hydrogen-bond acceptors (Lipinski definition) is 3. The Morgan fingerprint density at radius 2 is 1.39 bits per heavy atom. The van der Waals surface area contributed by atoms with Gasteiger partial charge in [-0.2, -0.15) is 10.2 Å². The second kappa shape index (κ2) is 5.31. The van der Waals surface area contributed by atoms with Gasteiger partial charge in [0.15, 0.2) is 0 Å². The molecule has 0 aromatic heterocycles. The van der Waals surface area contributed by atoms with Crippen LogP contribution in [0.15, 0.2) is 51.1 Å². The Bertz CT molecular complexity index is 568. The molecular formula is C14H13BrN2O. The number of halogens is 1. The summed E-state index contributed by atoms with van der Waals surface area (Å²) in [5, 5.41) is 17.5. The molecule has 0 spiro atoms. The minimum Gasteiger partial charge on any atom is -0.508 e. The molecule has 0 heterocycles. The van der Waals surface area contributed by atoms with Gasteiger partial charge in [-0.3, -0.25) is 0 Å². The molecule has 0 bridgehead atoms. The normalized spacial score (nSPS) is 11.1. The van der Waals surface area contributed by atoms with Gasteiger partial charge in [0.1, 0.15) is 5.75 Å². The summed E-state index contributed by atoms with van der Waals surface area (Å²) in [7, 11) is 0. The molecule has 0 unspecified atom stereocenters. The summed E-state index contributed by atoms with van der Waals surface area (Å²) in [6, 6.07) is 10.6. The zero-order chi connectivity index (χ0) is 13.1. The zero-order valence-electron chi connectivity index (χ0n) is 10.2. The highest BCUT2D eigenvalue weighted by atomic mass is 79.9. The Morgan fingerprint density at radius 1 is 0.889 bits per heavy atom. The summed E-state index contributed by atoms with van der Waals surface area (Å²) in [6.07, 6.45) is 0. The number of aromatic hydroxyl groups is 1. The molecule has 0 saturated heterocycles. The van der Waals surface area contributed by atoms with E-state index in [2.05, 4.69) is 26.2 Å². The second-order valence-corrected chi connectivity index (χ2v) is 4.90. The summed E-state index contributed by atoms with van der Waals surface area (Å²) in [4.78, 5) is 0. The Labute approximate surface area is 114 Å². The SMILES string of the molecule is Cc1cc(N=Nc2ccc(O)cc2)cc(C)c1Br. The van der Waals surface area contributed by atoms with Crippen molar-refractivity contribution >= 4 is 27.3 Å². The predicted octanol–water partition coefficient (Wildman–Crippen LogP) is 5.19. The van der Waals surface area contributed by atoms with E-state index in [1.807, 2.05) is 26.0 Å². The van der Waals surface area contributed by atoms with Crippen LogP contribution in [0.2, 0.25) is 0 Å². The molecular weight excluding hydrogens is 292 g/mol. The van der Waals surface area contributed by atoms with Crippen LogP contribution in [-0.4, -0.2) is 5.11 Å². The van der Waals surface area contributed by atoms with Crippen molar-refractivity contribution in [2.24, 2.45) is 10.2 Å². The lowest BCUT2D eigenvalue weighted by Gasteiger charge is -2.03. The molecule has 4 heteroatoms. The van der Waals surface area contributed by atoms with E-state index in [-0.39, 0.29) is 5.75 Å². The van der Waals surface area contributed by atoms with Gasteiger partial charge in [0, 0.05) is 4.47 Å². The molecule has 2 aromatic carbocycles. The van der Waals surface area contributed by atoms with Crippen LogP contribution in [0.5, 0.6) is 5.75 Å². The molecule has 2 rings (SSSR count). The van der Waals surface area contributed by atoms with Crippen molar-refractivity contribution in [2.75, 3.05) is 0 Å². The monoisotopic (exact) mass is 304 g/mol. The van der Waals surface area contributed by atoms with Gasteiger partial charge in [-0.05, 0) is 61.4 Å². The van der Waals surface area contributed by atoms with E-state index in [1.54, 1.807) is 24.3 Å². The van der Waals surface area contributed by atoms with Gasteiger partial charge < -0.3 is 5.11 Å². The van der Waals surface area contributed by atoms with Crippen LogP contribution in [0.3, 0.4) is 0 Å². The first kappa shape index (κ1) is 12.8. The maximum atomic E-state index is 9.17. The molecule has 1 N–H and O–H groups in total. The van der Waals surface area contributed by atoms with Crippen molar-refractivity contribution < 1.29 is 5.11 Å². The second-order valence-electron chi connectivity index (χ2n) is 4.11. The zero-order valence-corrected chi connectivity index (χ0v) is 11.8. The molecule has 92 valence electrons. The topological polar surface area (TPSA) is 45.0 Å². The van der Waals surface area contributed by atoms with Crippen LogP contribution in [0, 0.1) is 13.8 Å². The van der Waals surface area contributed by atoms with Crippen molar-refractivity contribution in [3.8, 4) is 5.75 Å². The fourth-order valence-electron chi connectivity index (χ4n) is 1.62. The van der Waals surface area contributed by atoms with Crippen LogP contribution in [0.4, 0.5) is 11.4 Å². The lowest BCUT2D eigenvalue weighted by atomic mass is 10.1. The van der Waals surface area contributed by atoms with E-state index in [0.29, 0.717) is 5.69 Å². The maximum Gasteiger partial charge on any atom is 0.115 e. The van der Waals surface area contributed by atoms with Gasteiger partial charge >= 0.3 is 0 Å². The Kier molecular flexibility index (Phi) is 3.77. The number of nitrogens with zero attached hydrogens (tertiary/aromatic N) is 2. The third kappa shape index (κ3) is 2.96. The third-order valence-electron chi connectivity index (χ3n) is 2.55.